The summed E-state index contributed by atoms with van der Waals surface area (Å²) in [5.74, 6) is -0.441. The molecule has 1 unspecified atom stereocenters. The van der Waals surface area contributed by atoms with Crippen LogP contribution in [0.25, 0.3) is 0 Å². The topological polar surface area (TPSA) is 67.9 Å². The van der Waals surface area contributed by atoms with Crippen LogP contribution in [0.3, 0.4) is 0 Å². The number of nitrogens with zero attached hydrogens (tertiary/aromatic N) is 1. The van der Waals surface area contributed by atoms with Crippen molar-refractivity contribution >= 4 is 11.9 Å². The van der Waals surface area contributed by atoms with Gasteiger partial charge in [0.05, 0.1) is 25.7 Å². The van der Waals surface area contributed by atoms with Crippen LogP contribution in [0.1, 0.15) is 27.2 Å². The quantitative estimate of drug-likeness (QED) is 0.698. The molecule has 1 fully saturated rings. The number of ether oxygens (including phenoxy) is 2. The maximum absolute atomic E-state index is 12.2. The smallest absolute Gasteiger partial charge is 0.325 e. The van der Waals surface area contributed by atoms with Crippen LogP contribution in [0.5, 0.6) is 0 Å². The van der Waals surface area contributed by atoms with Gasteiger partial charge in [0.15, 0.2) is 0 Å². The zero-order valence-electron chi connectivity index (χ0n) is 12.0. The summed E-state index contributed by atoms with van der Waals surface area (Å²) in [6.07, 6.45) is 0.189. The van der Waals surface area contributed by atoms with Crippen molar-refractivity contribution in [2.45, 2.75) is 39.3 Å². The van der Waals surface area contributed by atoms with Crippen LogP contribution in [-0.4, -0.2) is 61.8 Å². The molecule has 1 aliphatic heterocycles. The van der Waals surface area contributed by atoms with Crippen LogP contribution in [0.2, 0.25) is 0 Å². The number of morpholine rings is 1. The van der Waals surface area contributed by atoms with E-state index in [-0.39, 0.29) is 30.6 Å². The molecule has 0 aromatic carbocycles. The molecular formula is C13H24N2O4. The Hall–Kier alpha value is -1.14. The van der Waals surface area contributed by atoms with Gasteiger partial charge < -0.3 is 19.7 Å². The Morgan fingerprint density at radius 1 is 1.47 bits per heavy atom. The lowest BCUT2D eigenvalue weighted by atomic mass is 10.2. The SMILES string of the molecule is CCOC(=O)CN(C(=O)CC1CNCCO1)C(C)C. The van der Waals surface area contributed by atoms with E-state index in [2.05, 4.69) is 5.32 Å². The Bertz CT molecular complexity index is 301. The molecule has 1 aliphatic rings. The molecule has 0 bridgehead atoms. The number of amides is 1. The Kier molecular flexibility index (Phi) is 6.80. The zero-order valence-corrected chi connectivity index (χ0v) is 12.0. The van der Waals surface area contributed by atoms with Crippen LogP contribution >= 0.6 is 0 Å². The summed E-state index contributed by atoms with van der Waals surface area (Å²) in [6.45, 7) is 7.98. The largest absolute Gasteiger partial charge is 0.465 e. The molecule has 19 heavy (non-hydrogen) atoms. The number of carbonyl (C=O) groups excluding carboxylic acids is 2. The first-order chi connectivity index (χ1) is 9.04. The summed E-state index contributed by atoms with van der Waals surface area (Å²) in [7, 11) is 0. The molecule has 0 saturated carbocycles. The van der Waals surface area contributed by atoms with Crippen molar-refractivity contribution in [1.29, 1.82) is 0 Å². The van der Waals surface area contributed by atoms with E-state index in [4.69, 9.17) is 9.47 Å². The fraction of sp³-hybridized carbons (Fsp3) is 0.846. The van der Waals surface area contributed by atoms with Gasteiger partial charge in [0.25, 0.3) is 0 Å². The molecule has 6 heteroatoms. The molecule has 0 aromatic heterocycles. The van der Waals surface area contributed by atoms with Gasteiger partial charge in [0.2, 0.25) is 5.91 Å². The number of hydrogen-bond donors (Lipinski definition) is 1. The minimum Gasteiger partial charge on any atom is -0.465 e. The van der Waals surface area contributed by atoms with Crippen molar-refractivity contribution in [3.8, 4) is 0 Å². The average Bonchev–Trinajstić information content (AvgIpc) is 2.37. The average molecular weight is 272 g/mol. The number of hydrogen-bond acceptors (Lipinski definition) is 5. The minimum atomic E-state index is -0.368. The molecular weight excluding hydrogens is 248 g/mol. The predicted molar refractivity (Wildman–Crippen MR) is 70.7 cm³/mol. The van der Waals surface area contributed by atoms with Crippen molar-refractivity contribution < 1.29 is 19.1 Å². The highest BCUT2D eigenvalue weighted by atomic mass is 16.5. The number of carbonyl (C=O) groups is 2. The van der Waals surface area contributed by atoms with Crippen LogP contribution in [0.15, 0.2) is 0 Å². The lowest BCUT2D eigenvalue weighted by Gasteiger charge is -2.29. The summed E-state index contributed by atoms with van der Waals surface area (Å²) in [5, 5.41) is 3.18. The molecule has 1 saturated heterocycles. The second-order valence-electron chi connectivity index (χ2n) is 4.82. The molecule has 110 valence electrons. The van der Waals surface area contributed by atoms with Crippen molar-refractivity contribution in [3.63, 3.8) is 0 Å². The predicted octanol–water partition coefficient (Wildman–Crippen LogP) is 0.165. The Balaban J connectivity index is 2.49. The molecule has 1 heterocycles. The Morgan fingerprint density at radius 3 is 2.74 bits per heavy atom. The third-order valence-electron chi connectivity index (χ3n) is 2.96. The highest BCUT2D eigenvalue weighted by Gasteiger charge is 2.25. The van der Waals surface area contributed by atoms with Crippen LogP contribution < -0.4 is 5.32 Å². The van der Waals surface area contributed by atoms with E-state index in [1.54, 1.807) is 6.92 Å². The van der Waals surface area contributed by atoms with Gasteiger partial charge in [-0.15, -0.1) is 0 Å². The van der Waals surface area contributed by atoms with Crippen molar-refractivity contribution in [1.82, 2.24) is 10.2 Å². The van der Waals surface area contributed by atoms with Crippen molar-refractivity contribution in [3.05, 3.63) is 0 Å². The van der Waals surface area contributed by atoms with Gasteiger partial charge in [-0.25, -0.2) is 0 Å². The van der Waals surface area contributed by atoms with Crippen molar-refractivity contribution in [2.24, 2.45) is 0 Å². The molecule has 0 aromatic rings. The Morgan fingerprint density at radius 2 is 2.21 bits per heavy atom. The summed E-state index contributed by atoms with van der Waals surface area (Å²) < 4.78 is 10.4. The lowest BCUT2D eigenvalue weighted by Crippen LogP contribution is -2.46. The first-order valence-electron chi connectivity index (χ1n) is 6.82. The van der Waals surface area contributed by atoms with Crippen LogP contribution in [0, 0.1) is 0 Å². The van der Waals surface area contributed by atoms with Gasteiger partial charge in [-0.3, -0.25) is 9.59 Å². The number of esters is 1. The van der Waals surface area contributed by atoms with E-state index in [0.717, 1.165) is 6.54 Å². The second kappa shape index (κ2) is 8.12. The second-order valence-corrected chi connectivity index (χ2v) is 4.82. The fourth-order valence-corrected chi connectivity index (χ4v) is 1.97. The summed E-state index contributed by atoms with van der Waals surface area (Å²) >= 11 is 0. The fourth-order valence-electron chi connectivity index (χ4n) is 1.97. The van der Waals surface area contributed by atoms with Crippen LogP contribution in [0.4, 0.5) is 0 Å². The van der Waals surface area contributed by atoms with Gasteiger partial charge in [-0.2, -0.15) is 0 Å². The van der Waals surface area contributed by atoms with Gasteiger partial charge in [-0.1, -0.05) is 0 Å². The van der Waals surface area contributed by atoms with E-state index >= 15 is 0 Å². The molecule has 1 rings (SSSR count). The molecule has 1 atom stereocenters. The highest BCUT2D eigenvalue weighted by molar-refractivity contribution is 5.82. The van der Waals surface area contributed by atoms with E-state index in [9.17, 15) is 9.59 Å². The van der Waals surface area contributed by atoms with Crippen molar-refractivity contribution in [2.75, 3.05) is 32.8 Å². The van der Waals surface area contributed by atoms with Gasteiger partial charge in [0, 0.05) is 19.1 Å². The van der Waals surface area contributed by atoms with E-state index in [1.807, 2.05) is 13.8 Å². The first kappa shape index (κ1) is 15.9. The summed E-state index contributed by atoms with van der Waals surface area (Å²) in [5.41, 5.74) is 0. The van der Waals surface area contributed by atoms with Crippen LogP contribution in [-0.2, 0) is 19.1 Å². The van der Waals surface area contributed by atoms with E-state index in [1.165, 1.54) is 4.90 Å². The van der Waals surface area contributed by atoms with Gasteiger partial charge >= 0.3 is 5.97 Å². The third-order valence-corrected chi connectivity index (χ3v) is 2.96. The summed E-state index contributed by atoms with van der Waals surface area (Å²) in [4.78, 5) is 25.2. The van der Waals surface area contributed by atoms with E-state index in [0.29, 0.717) is 26.2 Å². The van der Waals surface area contributed by atoms with Gasteiger partial charge in [-0.05, 0) is 20.8 Å². The Labute approximate surface area is 114 Å². The molecule has 0 aliphatic carbocycles. The molecule has 0 radical (unpaired) electrons. The zero-order chi connectivity index (χ0) is 14.3. The minimum absolute atomic E-state index is 0.00445. The van der Waals surface area contributed by atoms with E-state index < -0.39 is 0 Å². The highest BCUT2D eigenvalue weighted by Crippen LogP contribution is 2.08. The standard InChI is InChI=1S/C13H24N2O4/c1-4-18-13(17)9-15(10(2)3)12(16)7-11-8-14-5-6-19-11/h10-11,14H,4-9H2,1-3H3. The molecule has 6 nitrogen and oxygen atoms in total. The normalized spacial score (nSPS) is 19.3. The molecule has 0 spiro atoms. The maximum Gasteiger partial charge on any atom is 0.325 e. The summed E-state index contributed by atoms with van der Waals surface area (Å²) in [6, 6.07) is -0.0338. The maximum atomic E-state index is 12.2. The first-order valence-corrected chi connectivity index (χ1v) is 6.82. The number of rotatable bonds is 6. The monoisotopic (exact) mass is 272 g/mol. The third kappa shape index (κ3) is 5.57. The lowest BCUT2D eigenvalue weighted by molar-refractivity contribution is -0.151. The molecule has 1 N–H and O–H groups in total. The van der Waals surface area contributed by atoms with Gasteiger partial charge in [0.1, 0.15) is 6.54 Å². The number of nitrogens with one attached hydrogen (secondary N) is 1. The molecule has 1 amide bonds.